The maximum absolute atomic E-state index is 12.6. The van der Waals surface area contributed by atoms with E-state index in [0.29, 0.717) is 5.69 Å². The molecular formula is C17H21N3O. The zero-order valence-corrected chi connectivity index (χ0v) is 12.1. The number of hydrogen-bond donors (Lipinski definition) is 2. The summed E-state index contributed by atoms with van der Waals surface area (Å²) in [6.07, 6.45) is 7.10. The third kappa shape index (κ3) is 3.05. The average molecular weight is 283 g/mol. The molecule has 4 heteroatoms. The van der Waals surface area contributed by atoms with Gasteiger partial charge in [-0.15, -0.1) is 0 Å². The Morgan fingerprint density at radius 1 is 1.14 bits per heavy atom. The summed E-state index contributed by atoms with van der Waals surface area (Å²) < 4.78 is 0. The van der Waals surface area contributed by atoms with Gasteiger partial charge in [-0.3, -0.25) is 9.78 Å². The lowest BCUT2D eigenvalue weighted by molar-refractivity contribution is 0.0925. The number of aromatic nitrogens is 1. The average Bonchev–Trinajstić information content (AvgIpc) is 2.71. The molecule has 1 aromatic heterocycles. The van der Waals surface area contributed by atoms with Crippen LogP contribution in [0.15, 0.2) is 36.5 Å². The zero-order chi connectivity index (χ0) is 14.7. The van der Waals surface area contributed by atoms with E-state index in [9.17, 15) is 4.79 Å². The Hall–Kier alpha value is -1.94. The first-order valence-corrected chi connectivity index (χ1v) is 7.66. The van der Waals surface area contributed by atoms with Crippen LogP contribution in [0.1, 0.15) is 42.6 Å². The lowest BCUT2D eigenvalue weighted by Crippen LogP contribution is -2.47. The van der Waals surface area contributed by atoms with E-state index in [1.165, 1.54) is 6.42 Å². The molecule has 2 atom stereocenters. The molecule has 0 radical (unpaired) electrons. The van der Waals surface area contributed by atoms with Crippen LogP contribution in [0.2, 0.25) is 0 Å². The number of carbonyl (C=O) groups excluding carboxylic acids is 1. The predicted octanol–water partition coefficient (Wildman–Crippen LogP) is 2.62. The second-order valence-corrected chi connectivity index (χ2v) is 5.76. The number of rotatable bonds is 2. The third-order valence-electron chi connectivity index (χ3n) is 4.27. The maximum Gasteiger partial charge on any atom is 0.270 e. The van der Waals surface area contributed by atoms with Crippen LogP contribution < -0.4 is 11.1 Å². The molecule has 1 amide bonds. The first-order valence-electron chi connectivity index (χ1n) is 7.66. The van der Waals surface area contributed by atoms with Crippen molar-refractivity contribution in [3.8, 4) is 0 Å². The molecule has 110 valence electrons. The summed E-state index contributed by atoms with van der Waals surface area (Å²) >= 11 is 0. The number of nitrogens with two attached hydrogens (primary N) is 1. The summed E-state index contributed by atoms with van der Waals surface area (Å²) in [5, 5.41) is 5.01. The molecule has 3 rings (SSSR count). The van der Waals surface area contributed by atoms with E-state index in [1.807, 2.05) is 30.3 Å². The van der Waals surface area contributed by atoms with Crippen LogP contribution in [0.5, 0.6) is 0 Å². The van der Waals surface area contributed by atoms with Gasteiger partial charge < -0.3 is 11.1 Å². The van der Waals surface area contributed by atoms with Crippen molar-refractivity contribution in [1.29, 1.82) is 0 Å². The van der Waals surface area contributed by atoms with Gasteiger partial charge in [-0.2, -0.15) is 0 Å². The van der Waals surface area contributed by atoms with E-state index in [-0.39, 0.29) is 18.0 Å². The number of carbonyl (C=O) groups is 1. The van der Waals surface area contributed by atoms with Crippen LogP contribution >= 0.6 is 0 Å². The highest BCUT2D eigenvalue weighted by molar-refractivity contribution is 6.05. The van der Waals surface area contributed by atoms with Crippen LogP contribution in [0.25, 0.3) is 10.8 Å². The Morgan fingerprint density at radius 3 is 2.86 bits per heavy atom. The molecule has 3 N–H and O–H groups in total. The Labute approximate surface area is 124 Å². The van der Waals surface area contributed by atoms with Crippen molar-refractivity contribution in [2.75, 3.05) is 0 Å². The SMILES string of the molecule is NC1CCCCCC1NC(=O)c1nccc2ccccc12. The van der Waals surface area contributed by atoms with E-state index < -0.39 is 0 Å². The quantitative estimate of drug-likeness (QED) is 0.832. The summed E-state index contributed by atoms with van der Waals surface area (Å²) in [7, 11) is 0. The molecule has 4 nitrogen and oxygen atoms in total. The summed E-state index contributed by atoms with van der Waals surface area (Å²) in [5.74, 6) is -0.117. The van der Waals surface area contributed by atoms with Crippen molar-refractivity contribution in [2.45, 2.75) is 44.2 Å². The van der Waals surface area contributed by atoms with E-state index in [1.54, 1.807) is 6.20 Å². The molecule has 0 aliphatic heterocycles. The van der Waals surface area contributed by atoms with Gasteiger partial charge in [-0.1, -0.05) is 43.5 Å². The van der Waals surface area contributed by atoms with Gasteiger partial charge in [0.2, 0.25) is 0 Å². The monoisotopic (exact) mass is 283 g/mol. The van der Waals surface area contributed by atoms with E-state index in [2.05, 4.69) is 10.3 Å². The van der Waals surface area contributed by atoms with Gasteiger partial charge >= 0.3 is 0 Å². The van der Waals surface area contributed by atoms with Crippen molar-refractivity contribution in [1.82, 2.24) is 10.3 Å². The second-order valence-electron chi connectivity index (χ2n) is 5.76. The second kappa shape index (κ2) is 6.22. The van der Waals surface area contributed by atoms with E-state index in [0.717, 1.165) is 36.5 Å². The normalized spacial score (nSPS) is 22.7. The molecule has 21 heavy (non-hydrogen) atoms. The summed E-state index contributed by atoms with van der Waals surface area (Å²) in [5.41, 5.74) is 6.67. The molecule has 1 fully saturated rings. The number of hydrogen-bond acceptors (Lipinski definition) is 3. The standard InChI is InChI=1S/C17H21N3O/c18-14-8-2-1-3-9-15(14)20-17(21)16-13-7-5-4-6-12(13)10-11-19-16/h4-7,10-11,14-15H,1-3,8-9,18H2,(H,20,21). The third-order valence-corrected chi connectivity index (χ3v) is 4.27. The minimum atomic E-state index is -0.117. The number of nitrogens with zero attached hydrogens (tertiary/aromatic N) is 1. The zero-order valence-electron chi connectivity index (χ0n) is 12.1. The summed E-state index contributed by atoms with van der Waals surface area (Å²) in [6, 6.07) is 9.84. The molecule has 1 aliphatic carbocycles. The minimum Gasteiger partial charge on any atom is -0.346 e. The first kappa shape index (κ1) is 14.0. The van der Waals surface area contributed by atoms with Gasteiger partial charge in [0.1, 0.15) is 5.69 Å². The fraction of sp³-hybridized carbons (Fsp3) is 0.412. The largest absolute Gasteiger partial charge is 0.346 e. The van der Waals surface area contributed by atoms with Crippen molar-refractivity contribution >= 4 is 16.7 Å². The topological polar surface area (TPSA) is 68.0 Å². The van der Waals surface area contributed by atoms with Gasteiger partial charge in [0, 0.05) is 23.7 Å². The van der Waals surface area contributed by atoms with Crippen LogP contribution in [-0.4, -0.2) is 23.0 Å². The van der Waals surface area contributed by atoms with Crippen LogP contribution in [0.4, 0.5) is 0 Å². The minimum absolute atomic E-state index is 0.0476. The highest BCUT2D eigenvalue weighted by Gasteiger charge is 2.23. The Morgan fingerprint density at radius 2 is 1.95 bits per heavy atom. The molecule has 0 spiro atoms. The van der Waals surface area contributed by atoms with Gasteiger partial charge in [-0.05, 0) is 24.3 Å². The molecule has 1 aliphatic rings. The highest BCUT2D eigenvalue weighted by atomic mass is 16.1. The summed E-state index contributed by atoms with van der Waals surface area (Å²) in [4.78, 5) is 16.8. The Balaban J connectivity index is 1.83. The smallest absolute Gasteiger partial charge is 0.270 e. The number of fused-ring (bicyclic) bond motifs is 1. The van der Waals surface area contributed by atoms with E-state index >= 15 is 0 Å². The molecule has 0 saturated heterocycles. The van der Waals surface area contributed by atoms with Gasteiger partial charge in [0.05, 0.1) is 0 Å². The summed E-state index contributed by atoms with van der Waals surface area (Å²) in [6.45, 7) is 0. The molecule has 2 aromatic rings. The van der Waals surface area contributed by atoms with Gasteiger partial charge in [0.15, 0.2) is 0 Å². The maximum atomic E-state index is 12.6. The van der Waals surface area contributed by atoms with Crippen molar-refractivity contribution in [3.63, 3.8) is 0 Å². The number of nitrogens with one attached hydrogen (secondary N) is 1. The van der Waals surface area contributed by atoms with Crippen molar-refractivity contribution < 1.29 is 4.79 Å². The molecule has 2 unspecified atom stereocenters. The molecular weight excluding hydrogens is 262 g/mol. The fourth-order valence-corrected chi connectivity index (χ4v) is 3.05. The number of benzene rings is 1. The Kier molecular flexibility index (Phi) is 4.15. The van der Waals surface area contributed by atoms with Crippen LogP contribution in [0.3, 0.4) is 0 Å². The molecule has 0 bridgehead atoms. The Bertz CT molecular complexity index is 635. The van der Waals surface area contributed by atoms with Gasteiger partial charge in [-0.25, -0.2) is 0 Å². The molecule has 1 saturated carbocycles. The number of pyridine rings is 1. The van der Waals surface area contributed by atoms with E-state index in [4.69, 9.17) is 5.73 Å². The molecule has 1 heterocycles. The molecule has 1 aromatic carbocycles. The van der Waals surface area contributed by atoms with Crippen molar-refractivity contribution in [3.05, 3.63) is 42.2 Å². The van der Waals surface area contributed by atoms with Gasteiger partial charge in [0.25, 0.3) is 5.91 Å². The lowest BCUT2D eigenvalue weighted by atomic mass is 10.0. The lowest BCUT2D eigenvalue weighted by Gasteiger charge is -2.22. The predicted molar refractivity (Wildman–Crippen MR) is 84.1 cm³/mol. The van der Waals surface area contributed by atoms with Crippen LogP contribution in [0, 0.1) is 0 Å². The fourth-order valence-electron chi connectivity index (χ4n) is 3.05. The number of amides is 1. The first-order chi connectivity index (χ1) is 10.3. The van der Waals surface area contributed by atoms with Crippen LogP contribution in [-0.2, 0) is 0 Å². The van der Waals surface area contributed by atoms with Crippen molar-refractivity contribution in [2.24, 2.45) is 5.73 Å². The highest BCUT2D eigenvalue weighted by Crippen LogP contribution is 2.19.